The van der Waals surface area contributed by atoms with Crippen molar-refractivity contribution in [1.82, 2.24) is 10.6 Å². The molecule has 0 bridgehead atoms. The van der Waals surface area contributed by atoms with Crippen molar-refractivity contribution >= 4 is 50.8 Å². The van der Waals surface area contributed by atoms with Gasteiger partial charge in [0.2, 0.25) is 0 Å². The van der Waals surface area contributed by atoms with Crippen molar-refractivity contribution < 1.29 is 14.0 Å². The molecule has 0 saturated heterocycles. The van der Waals surface area contributed by atoms with Crippen molar-refractivity contribution in [3.8, 4) is 0 Å². The molecule has 0 spiro atoms. The Hall–Kier alpha value is -2.97. The van der Waals surface area contributed by atoms with E-state index in [4.69, 9.17) is 16.6 Å². The third-order valence-corrected chi connectivity index (χ3v) is 4.37. The molecular weight excluding hydrogens is 442 g/mol. The van der Waals surface area contributed by atoms with Crippen LogP contribution in [0.15, 0.2) is 75.8 Å². The number of furan rings is 1. The van der Waals surface area contributed by atoms with Crippen LogP contribution in [0, 0.1) is 0 Å². The predicted octanol–water partition coefficient (Wildman–Crippen LogP) is 4.10. The van der Waals surface area contributed by atoms with E-state index < -0.39 is 5.91 Å². The molecule has 3 aromatic rings. The smallest absolute Gasteiger partial charge is 0.293 e. The number of nitrogens with one attached hydrogen (secondary N) is 3. The molecular formula is C20H16BrN3O3S. The van der Waals surface area contributed by atoms with Crippen LogP contribution in [0.1, 0.15) is 26.5 Å². The number of carbonyl (C=O) groups is 2. The summed E-state index contributed by atoms with van der Waals surface area (Å²) < 4.78 is 5.63. The number of benzene rings is 2. The first-order valence-corrected chi connectivity index (χ1v) is 9.52. The predicted molar refractivity (Wildman–Crippen MR) is 114 cm³/mol. The van der Waals surface area contributed by atoms with Gasteiger partial charge in [-0.1, -0.05) is 42.5 Å². The first-order valence-electron chi connectivity index (χ1n) is 8.32. The maximum Gasteiger partial charge on any atom is 0.293 e. The van der Waals surface area contributed by atoms with Gasteiger partial charge in [0, 0.05) is 6.54 Å². The normalized spacial score (nSPS) is 10.2. The molecule has 0 aliphatic carbocycles. The first-order chi connectivity index (χ1) is 13.5. The number of halogens is 1. The quantitative estimate of drug-likeness (QED) is 0.502. The summed E-state index contributed by atoms with van der Waals surface area (Å²) in [5, 5.41) is 8.32. The van der Waals surface area contributed by atoms with Gasteiger partial charge in [0.25, 0.3) is 11.8 Å². The topological polar surface area (TPSA) is 83.4 Å². The van der Waals surface area contributed by atoms with Crippen LogP contribution < -0.4 is 16.0 Å². The second-order valence-corrected chi connectivity index (χ2v) is 6.92. The Bertz CT molecular complexity index is 1000. The Morgan fingerprint density at radius 3 is 2.36 bits per heavy atom. The monoisotopic (exact) mass is 457 g/mol. The Balaban J connectivity index is 1.63. The van der Waals surface area contributed by atoms with Gasteiger partial charge in [0.1, 0.15) is 0 Å². The number of hydrogen-bond acceptors (Lipinski definition) is 4. The molecule has 0 aliphatic rings. The molecule has 6 nitrogen and oxygen atoms in total. The van der Waals surface area contributed by atoms with Crippen LogP contribution in [-0.4, -0.2) is 16.9 Å². The summed E-state index contributed by atoms with van der Waals surface area (Å²) in [5.41, 5.74) is 1.89. The molecule has 2 aromatic carbocycles. The second kappa shape index (κ2) is 9.29. The average Bonchev–Trinajstić information content (AvgIpc) is 3.14. The average molecular weight is 458 g/mol. The van der Waals surface area contributed by atoms with Gasteiger partial charge in [-0.15, -0.1) is 0 Å². The summed E-state index contributed by atoms with van der Waals surface area (Å²) in [6.07, 6.45) is 0. The minimum Gasteiger partial charge on any atom is -0.444 e. The van der Waals surface area contributed by atoms with Gasteiger partial charge in [0.15, 0.2) is 15.5 Å². The highest BCUT2D eigenvalue weighted by atomic mass is 79.9. The molecule has 1 aromatic heterocycles. The van der Waals surface area contributed by atoms with Crippen molar-refractivity contribution in [2.24, 2.45) is 0 Å². The number of carbonyl (C=O) groups excluding carboxylic acids is 2. The number of anilines is 1. The third kappa shape index (κ3) is 5.28. The number of hydrogen-bond donors (Lipinski definition) is 3. The molecule has 8 heteroatoms. The number of rotatable bonds is 5. The van der Waals surface area contributed by atoms with Gasteiger partial charge in [-0.05, 0) is 58.0 Å². The molecule has 3 rings (SSSR count). The van der Waals surface area contributed by atoms with Crippen molar-refractivity contribution in [3.05, 3.63) is 88.3 Å². The van der Waals surface area contributed by atoms with Crippen LogP contribution in [0.2, 0.25) is 0 Å². The van der Waals surface area contributed by atoms with Crippen molar-refractivity contribution in [1.29, 1.82) is 0 Å². The van der Waals surface area contributed by atoms with Crippen LogP contribution >= 0.6 is 28.1 Å². The number of amides is 2. The molecule has 28 heavy (non-hydrogen) atoms. The van der Waals surface area contributed by atoms with Crippen molar-refractivity contribution in [2.75, 3.05) is 5.32 Å². The van der Waals surface area contributed by atoms with Gasteiger partial charge in [-0.25, -0.2) is 0 Å². The molecule has 0 atom stereocenters. The van der Waals surface area contributed by atoms with E-state index in [1.165, 1.54) is 6.07 Å². The van der Waals surface area contributed by atoms with Crippen molar-refractivity contribution in [2.45, 2.75) is 6.54 Å². The van der Waals surface area contributed by atoms with Crippen LogP contribution in [0.5, 0.6) is 0 Å². The maximum absolute atomic E-state index is 12.6. The van der Waals surface area contributed by atoms with Gasteiger partial charge in [0.05, 0.1) is 11.3 Å². The van der Waals surface area contributed by atoms with Crippen molar-refractivity contribution in [3.63, 3.8) is 0 Å². The molecule has 0 fully saturated rings. The minimum atomic E-state index is -0.491. The summed E-state index contributed by atoms with van der Waals surface area (Å²) >= 11 is 8.32. The number of thiocarbonyl (C=S) groups is 1. The van der Waals surface area contributed by atoms with E-state index in [0.29, 0.717) is 22.5 Å². The molecule has 0 saturated carbocycles. The van der Waals surface area contributed by atoms with Crippen LogP contribution in [0.25, 0.3) is 0 Å². The lowest BCUT2D eigenvalue weighted by atomic mass is 10.1. The van der Waals surface area contributed by atoms with E-state index in [0.717, 1.165) is 5.56 Å². The van der Waals surface area contributed by atoms with E-state index >= 15 is 0 Å². The highest BCUT2D eigenvalue weighted by molar-refractivity contribution is 9.10. The van der Waals surface area contributed by atoms with Crippen LogP contribution in [-0.2, 0) is 6.54 Å². The summed E-state index contributed by atoms with van der Waals surface area (Å²) in [7, 11) is 0. The fourth-order valence-corrected chi connectivity index (χ4v) is 2.93. The molecule has 0 unspecified atom stereocenters. The zero-order chi connectivity index (χ0) is 19.9. The molecule has 2 amide bonds. The van der Waals surface area contributed by atoms with Gasteiger partial charge >= 0.3 is 0 Å². The van der Waals surface area contributed by atoms with E-state index in [1.54, 1.807) is 30.3 Å². The Kier molecular flexibility index (Phi) is 6.57. The van der Waals surface area contributed by atoms with Gasteiger partial charge < -0.3 is 15.1 Å². The molecule has 0 aliphatic heterocycles. The van der Waals surface area contributed by atoms with Crippen LogP contribution in [0.4, 0.5) is 5.69 Å². The fourth-order valence-electron chi connectivity index (χ4n) is 2.42. The maximum atomic E-state index is 12.6. The second-order valence-electron chi connectivity index (χ2n) is 5.73. The molecule has 142 valence electrons. The Morgan fingerprint density at radius 2 is 1.64 bits per heavy atom. The molecule has 0 radical (unpaired) electrons. The van der Waals surface area contributed by atoms with E-state index in [9.17, 15) is 9.59 Å². The minimum absolute atomic E-state index is 0.0563. The third-order valence-electron chi connectivity index (χ3n) is 3.74. The lowest BCUT2D eigenvalue weighted by molar-refractivity contribution is 0.0943. The van der Waals surface area contributed by atoms with Gasteiger partial charge in [-0.3, -0.25) is 14.9 Å². The highest BCUT2D eigenvalue weighted by Gasteiger charge is 2.15. The highest BCUT2D eigenvalue weighted by Crippen LogP contribution is 2.16. The lowest BCUT2D eigenvalue weighted by Crippen LogP contribution is -2.34. The standard InChI is InChI=1S/C20H16BrN3O3S/c21-17-11-10-16(27-17)19(26)24-20(28)23-15-9-5-4-8-14(15)18(25)22-12-13-6-2-1-3-7-13/h1-11H,12H2,(H,22,25)(H2,23,24,26,28). The SMILES string of the molecule is O=C(NC(=S)Nc1ccccc1C(=O)NCc1ccccc1)c1ccc(Br)o1. The lowest BCUT2D eigenvalue weighted by Gasteiger charge is -2.13. The fraction of sp³-hybridized carbons (Fsp3) is 0.0500. The van der Waals surface area contributed by atoms with E-state index in [2.05, 4.69) is 31.9 Å². The zero-order valence-corrected chi connectivity index (χ0v) is 17.0. The molecule has 1 heterocycles. The summed E-state index contributed by atoms with van der Waals surface area (Å²) in [6, 6.07) is 19.6. The summed E-state index contributed by atoms with van der Waals surface area (Å²) in [4.78, 5) is 24.7. The number of para-hydroxylation sites is 1. The van der Waals surface area contributed by atoms with Gasteiger partial charge in [-0.2, -0.15) is 0 Å². The largest absolute Gasteiger partial charge is 0.444 e. The Morgan fingerprint density at radius 1 is 0.929 bits per heavy atom. The van der Waals surface area contributed by atoms with Crippen LogP contribution in [0.3, 0.4) is 0 Å². The van der Waals surface area contributed by atoms with E-state index in [-0.39, 0.29) is 16.8 Å². The molecule has 3 N–H and O–H groups in total. The summed E-state index contributed by atoms with van der Waals surface area (Å²) in [6.45, 7) is 0.405. The Labute approximate surface area is 175 Å². The zero-order valence-electron chi connectivity index (χ0n) is 14.6. The first kappa shape index (κ1) is 19.8. The van der Waals surface area contributed by atoms with E-state index in [1.807, 2.05) is 30.3 Å². The summed E-state index contributed by atoms with van der Waals surface area (Å²) in [5.74, 6) is -0.629.